The SMILES string of the molecule is O=S1(=O)CCCC(NCc2cc3ccccc3o2)CC1. The fourth-order valence-electron chi connectivity index (χ4n) is 2.69. The smallest absolute Gasteiger partial charge is 0.150 e. The first kappa shape index (κ1) is 13.6. The van der Waals surface area contributed by atoms with E-state index < -0.39 is 9.84 Å². The molecule has 1 aliphatic rings. The van der Waals surface area contributed by atoms with Crippen molar-refractivity contribution in [1.29, 1.82) is 0 Å². The number of rotatable bonds is 3. The van der Waals surface area contributed by atoms with Crippen molar-refractivity contribution in [2.24, 2.45) is 0 Å². The lowest BCUT2D eigenvalue weighted by Gasteiger charge is -2.14. The van der Waals surface area contributed by atoms with Crippen LogP contribution in [0.1, 0.15) is 25.0 Å². The molecule has 1 unspecified atom stereocenters. The molecule has 1 aliphatic heterocycles. The fourth-order valence-corrected chi connectivity index (χ4v) is 4.15. The molecule has 0 saturated carbocycles. The van der Waals surface area contributed by atoms with Gasteiger partial charge in [-0.05, 0) is 31.4 Å². The average molecular weight is 293 g/mol. The minimum absolute atomic E-state index is 0.264. The molecule has 5 heteroatoms. The Morgan fingerprint density at radius 2 is 2.05 bits per heavy atom. The summed E-state index contributed by atoms with van der Waals surface area (Å²) in [6.07, 6.45) is 2.36. The molecule has 1 fully saturated rings. The molecule has 0 amide bonds. The third kappa shape index (κ3) is 3.22. The fraction of sp³-hybridized carbons (Fsp3) is 0.467. The van der Waals surface area contributed by atoms with Crippen LogP contribution in [0.5, 0.6) is 0 Å². The summed E-state index contributed by atoms with van der Waals surface area (Å²) in [5, 5.41) is 4.52. The molecule has 1 aromatic carbocycles. The number of benzene rings is 1. The molecule has 2 heterocycles. The minimum atomic E-state index is -2.82. The number of sulfone groups is 1. The standard InChI is InChI=1S/C15H19NO3S/c17-20(18)8-3-5-13(7-9-20)16-11-14-10-12-4-1-2-6-15(12)19-14/h1-2,4,6,10,13,16H,3,5,7-9,11H2. The van der Waals surface area contributed by atoms with Gasteiger partial charge in [0, 0.05) is 11.4 Å². The molecule has 0 aliphatic carbocycles. The highest BCUT2D eigenvalue weighted by molar-refractivity contribution is 7.91. The van der Waals surface area contributed by atoms with E-state index in [9.17, 15) is 8.42 Å². The van der Waals surface area contributed by atoms with Crippen LogP contribution in [0.25, 0.3) is 11.0 Å². The Morgan fingerprint density at radius 1 is 1.20 bits per heavy atom. The van der Waals surface area contributed by atoms with Gasteiger partial charge in [-0.3, -0.25) is 0 Å². The van der Waals surface area contributed by atoms with Crippen molar-refractivity contribution in [3.63, 3.8) is 0 Å². The van der Waals surface area contributed by atoms with Crippen LogP contribution in [0.3, 0.4) is 0 Å². The number of fused-ring (bicyclic) bond motifs is 1. The summed E-state index contributed by atoms with van der Waals surface area (Å²) in [6, 6.07) is 10.2. The van der Waals surface area contributed by atoms with Crippen LogP contribution in [0.15, 0.2) is 34.7 Å². The monoisotopic (exact) mass is 293 g/mol. The zero-order valence-corrected chi connectivity index (χ0v) is 12.2. The molecule has 1 N–H and O–H groups in total. The van der Waals surface area contributed by atoms with E-state index >= 15 is 0 Å². The van der Waals surface area contributed by atoms with Gasteiger partial charge in [0.05, 0.1) is 18.1 Å². The maximum Gasteiger partial charge on any atom is 0.150 e. The summed E-state index contributed by atoms with van der Waals surface area (Å²) >= 11 is 0. The molecule has 1 aromatic heterocycles. The van der Waals surface area contributed by atoms with Crippen molar-refractivity contribution in [2.75, 3.05) is 11.5 Å². The predicted octanol–water partition coefficient (Wildman–Crippen LogP) is 2.49. The van der Waals surface area contributed by atoms with Gasteiger partial charge in [0.1, 0.15) is 21.2 Å². The summed E-state index contributed by atoms with van der Waals surface area (Å²) in [5.74, 6) is 1.53. The molecular formula is C15H19NO3S. The maximum absolute atomic E-state index is 11.6. The third-order valence-electron chi connectivity index (χ3n) is 3.83. The topological polar surface area (TPSA) is 59.3 Å². The van der Waals surface area contributed by atoms with Gasteiger partial charge >= 0.3 is 0 Å². The van der Waals surface area contributed by atoms with E-state index in [1.807, 2.05) is 30.3 Å². The van der Waals surface area contributed by atoms with E-state index in [1.165, 1.54) is 0 Å². The third-order valence-corrected chi connectivity index (χ3v) is 5.60. The number of para-hydroxylation sites is 1. The zero-order valence-electron chi connectivity index (χ0n) is 11.3. The van der Waals surface area contributed by atoms with Crippen molar-refractivity contribution in [3.8, 4) is 0 Å². The van der Waals surface area contributed by atoms with Gasteiger partial charge in [0.2, 0.25) is 0 Å². The second kappa shape index (κ2) is 5.58. The lowest BCUT2D eigenvalue weighted by atomic mass is 10.1. The molecule has 0 bridgehead atoms. The molecule has 0 radical (unpaired) electrons. The summed E-state index contributed by atoms with van der Waals surface area (Å²) in [6.45, 7) is 0.652. The Kier molecular flexibility index (Phi) is 3.81. The molecule has 20 heavy (non-hydrogen) atoms. The first-order valence-electron chi connectivity index (χ1n) is 7.04. The highest BCUT2D eigenvalue weighted by atomic mass is 32.2. The van der Waals surface area contributed by atoms with Gasteiger partial charge in [-0.1, -0.05) is 18.2 Å². The van der Waals surface area contributed by atoms with Crippen LogP contribution in [0.4, 0.5) is 0 Å². The number of furan rings is 1. The summed E-state index contributed by atoms with van der Waals surface area (Å²) in [4.78, 5) is 0. The maximum atomic E-state index is 11.6. The Hall–Kier alpha value is -1.33. The van der Waals surface area contributed by atoms with Crippen molar-refractivity contribution < 1.29 is 12.8 Å². The van der Waals surface area contributed by atoms with Crippen LogP contribution in [0, 0.1) is 0 Å². The van der Waals surface area contributed by atoms with E-state index in [0.717, 1.165) is 29.6 Å². The van der Waals surface area contributed by atoms with E-state index in [0.29, 0.717) is 24.5 Å². The van der Waals surface area contributed by atoms with Gasteiger partial charge in [0.15, 0.2) is 0 Å². The van der Waals surface area contributed by atoms with Crippen molar-refractivity contribution in [1.82, 2.24) is 5.32 Å². The van der Waals surface area contributed by atoms with E-state index in [2.05, 4.69) is 5.32 Å². The Balaban J connectivity index is 1.61. The summed E-state index contributed by atoms with van der Waals surface area (Å²) in [7, 11) is -2.82. The van der Waals surface area contributed by atoms with Crippen molar-refractivity contribution in [2.45, 2.75) is 31.8 Å². The molecule has 3 rings (SSSR count). The van der Waals surface area contributed by atoms with Gasteiger partial charge in [0.25, 0.3) is 0 Å². The van der Waals surface area contributed by atoms with Crippen molar-refractivity contribution >= 4 is 20.8 Å². The highest BCUT2D eigenvalue weighted by Gasteiger charge is 2.20. The molecular weight excluding hydrogens is 274 g/mol. The van der Waals surface area contributed by atoms with Gasteiger partial charge in [-0.2, -0.15) is 0 Å². The highest BCUT2D eigenvalue weighted by Crippen LogP contribution is 2.19. The van der Waals surface area contributed by atoms with Crippen LogP contribution < -0.4 is 5.32 Å². The van der Waals surface area contributed by atoms with Gasteiger partial charge in [-0.25, -0.2) is 8.42 Å². The van der Waals surface area contributed by atoms with Crippen LogP contribution in [-0.2, 0) is 16.4 Å². The Labute approximate surface area is 119 Å². The largest absolute Gasteiger partial charge is 0.460 e. The molecule has 2 aromatic rings. The minimum Gasteiger partial charge on any atom is -0.460 e. The molecule has 108 valence electrons. The van der Waals surface area contributed by atoms with Gasteiger partial charge in [-0.15, -0.1) is 0 Å². The predicted molar refractivity (Wildman–Crippen MR) is 79.3 cm³/mol. The van der Waals surface area contributed by atoms with Crippen LogP contribution in [0.2, 0.25) is 0 Å². The number of hydrogen-bond donors (Lipinski definition) is 1. The van der Waals surface area contributed by atoms with E-state index in [-0.39, 0.29) is 6.04 Å². The molecule has 0 spiro atoms. The zero-order chi connectivity index (χ0) is 14.0. The first-order valence-corrected chi connectivity index (χ1v) is 8.86. The summed E-state index contributed by atoms with van der Waals surface area (Å²) < 4.78 is 28.9. The lowest BCUT2D eigenvalue weighted by molar-refractivity contribution is 0.434. The number of nitrogens with one attached hydrogen (secondary N) is 1. The normalized spacial score (nSPS) is 22.7. The molecule has 1 saturated heterocycles. The second-order valence-corrected chi connectivity index (χ2v) is 7.71. The second-order valence-electron chi connectivity index (χ2n) is 5.41. The average Bonchev–Trinajstić information content (AvgIpc) is 2.75. The molecule has 1 atom stereocenters. The van der Waals surface area contributed by atoms with Crippen LogP contribution >= 0.6 is 0 Å². The van der Waals surface area contributed by atoms with Crippen LogP contribution in [-0.4, -0.2) is 26.0 Å². The van der Waals surface area contributed by atoms with E-state index in [1.54, 1.807) is 0 Å². The van der Waals surface area contributed by atoms with Gasteiger partial charge < -0.3 is 9.73 Å². The Morgan fingerprint density at radius 3 is 2.90 bits per heavy atom. The van der Waals surface area contributed by atoms with Crippen molar-refractivity contribution in [3.05, 3.63) is 36.1 Å². The quantitative estimate of drug-likeness (QED) is 0.944. The lowest BCUT2D eigenvalue weighted by Crippen LogP contribution is -2.28. The van der Waals surface area contributed by atoms with E-state index in [4.69, 9.17) is 4.42 Å². The summed E-state index contributed by atoms with van der Waals surface area (Å²) in [5.41, 5.74) is 0.896. The molecule has 4 nitrogen and oxygen atoms in total. The Bertz CT molecular complexity index is 657. The first-order chi connectivity index (χ1) is 9.62. The number of hydrogen-bond acceptors (Lipinski definition) is 4.